The molecule has 1 atom stereocenters. The third-order valence-corrected chi connectivity index (χ3v) is 10.4. The van der Waals surface area contributed by atoms with E-state index in [2.05, 4.69) is 34.7 Å². The first-order valence-corrected chi connectivity index (χ1v) is 14.6. The summed E-state index contributed by atoms with van der Waals surface area (Å²) in [5.41, 5.74) is 1.08. The highest BCUT2D eigenvalue weighted by atomic mass is 32.2. The summed E-state index contributed by atoms with van der Waals surface area (Å²) in [7, 11) is -3.55. The van der Waals surface area contributed by atoms with Gasteiger partial charge in [0.05, 0.1) is 16.1 Å². The summed E-state index contributed by atoms with van der Waals surface area (Å²) in [6.07, 6.45) is 4.31. The highest BCUT2D eigenvalue weighted by Crippen LogP contribution is 2.27. The summed E-state index contributed by atoms with van der Waals surface area (Å²) < 4.78 is 30.7. The normalized spacial score (nSPS) is 18.6. The van der Waals surface area contributed by atoms with Crippen molar-refractivity contribution in [3.63, 3.8) is 0 Å². The van der Waals surface area contributed by atoms with E-state index in [4.69, 9.17) is 0 Å². The molecule has 0 spiro atoms. The van der Waals surface area contributed by atoms with Crippen molar-refractivity contribution in [3.05, 3.63) is 40.5 Å². The van der Waals surface area contributed by atoms with Gasteiger partial charge in [-0.2, -0.15) is 9.30 Å². The molecule has 0 bridgehead atoms. The van der Waals surface area contributed by atoms with Crippen LogP contribution in [0, 0.1) is 5.92 Å². The van der Waals surface area contributed by atoms with Crippen LogP contribution in [-0.2, 0) is 21.4 Å². The Balaban J connectivity index is 1.63. The zero-order valence-electron chi connectivity index (χ0n) is 17.5. The molecule has 0 saturated carbocycles. The van der Waals surface area contributed by atoms with Gasteiger partial charge in [-0.1, -0.05) is 24.3 Å². The number of hydrogen-bond donors (Lipinski definition) is 0. The van der Waals surface area contributed by atoms with Crippen molar-refractivity contribution in [2.24, 2.45) is 10.9 Å². The number of hydrogen-bond acceptors (Lipinski definition) is 6. The van der Waals surface area contributed by atoms with E-state index in [-0.39, 0.29) is 12.5 Å². The summed E-state index contributed by atoms with van der Waals surface area (Å²) in [5, 5.41) is 1.76. The van der Waals surface area contributed by atoms with Crippen LogP contribution in [-0.4, -0.2) is 42.5 Å². The number of benzene rings is 1. The first-order chi connectivity index (χ1) is 14.9. The second-order valence-electron chi connectivity index (χ2n) is 7.45. The van der Waals surface area contributed by atoms with Crippen molar-refractivity contribution < 1.29 is 13.2 Å². The number of carbonyl (C=O) groups is 1. The molecule has 1 aliphatic rings. The molecule has 1 aliphatic heterocycles. The second kappa shape index (κ2) is 9.58. The van der Waals surface area contributed by atoms with Gasteiger partial charge in [-0.25, -0.2) is 8.42 Å². The number of thiophene rings is 1. The highest BCUT2D eigenvalue weighted by Gasteiger charge is 2.33. The Labute approximate surface area is 194 Å². The predicted molar refractivity (Wildman–Crippen MR) is 128 cm³/mol. The Kier molecular flexibility index (Phi) is 7.02. The van der Waals surface area contributed by atoms with E-state index in [1.165, 1.54) is 31.9 Å². The van der Waals surface area contributed by atoms with E-state index in [9.17, 15) is 13.2 Å². The molecule has 0 radical (unpaired) electrons. The number of amides is 1. The molecule has 3 aromatic rings. The monoisotopic (exact) mass is 495 g/mol. The number of carbonyl (C=O) groups excluding carboxylic acids is 1. The van der Waals surface area contributed by atoms with Crippen molar-refractivity contribution in [1.29, 1.82) is 0 Å². The number of piperidine rings is 1. The fourth-order valence-electron chi connectivity index (χ4n) is 3.79. The molecule has 0 aliphatic carbocycles. The van der Waals surface area contributed by atoms with E-state index in [0.717, 1.165) is 23.2 Å². The fourth-order valence-corrected chi connectivity index (χ4v) is 8.07. The molecule has 1 saturated heterocycles. The minimum atomic E-state index is -3.55. The first-order valence-electron chi connectivity index (χ1n) is 10.2. The van der Waals surface area contributed by atoms with Crippen LogP contribution in [0.25, 0.3) is 10.2 Å². The molecule has 0 N–H and O–H groups in total. The van der Waals surface area contributed by atoms with Crippen molar-refractivity contribution in [2.75, 3.05) is 19.3 Å². The molecule has 1 unspecified atom stereocenters. The van der Waals surface area contributed by atoms with Crippen molar-refractivity contribution in [2.45, 2.75) is 41.8 Å². The number of thioether (sulfide) groups is 1. The summed E-state index contributed by atoms with van der Waals surface area (Å²) in [5.74, 6) is -0.641. The molecular formula is C21H25N3O3S4. The summed E-state index contributed by atoms with van der Waals surface area (Å²) >= 11 is 4.42. The van der Waals surface area contributed by atoms with Gasteiger partial charge in [0.2, 0.25) is 0 Å². The Morgan fingerprint density at radius 1 is 1.32 bits per heavy atom. The summed E-state index contributed by atoms with van der Waals surface area (Å²) in [4.78, 5) is 19.4. The Hall–Kier alpha value is -1.46. The maximum Gasteiger partial charge on any atom is 0.252 e. The van der Waals surface area contributed by atoms with Crippen LogP contribution in [0.3, 0.4) is 0 Å². The van der Waals surface area contributed by atoms with E-state index in [0.29, 0.717) is 28.4 Å². The minimum absolute atomic E-state index is 0.192. The molecule has 1 amide bonds. The van der Waals surface area contributed by atoms with E-state index in [1.54, 1.807) is 29.3 Å². The number of sulfonamides is 1. The molecule has 166 valence electrons. The smallest absolute Gasteiger partial charge is 0.252 e. The fraction of sp³-hybridized carbons (Fsp3) is 0.429. The van der Waals surface area contributed by atoms with Gasteiger partial charge in [0.25, 0.3) is 15.9 Å². The van der Waals surface area contributed by atoms with Gasteiger partial charge in [0.1, 0.15) is 4.21 Å². The Morgan fingerprint density at radius 2 is 2.16 bits per heavy atom. The number of nitrogens with zero attached hydrogens (tertiary/aromatic N) is 3. The van der Waals surface area contributed by atoms with Gasteiger partial charge < -0.3 is 4.57 Å². The molecule has 1 fully saturated rings. The lowest BCUT2D eigenvalue weighted by molar-refractivity contribution is -0.122. The van der Waals surface area contributed by atoms with Gasteiger partial charge in [0.15, 0.2) is 4.80 Å². The van der Waals surface area contributed by atoms with Crippen LogP contribution in [0.4, 0.5) is 0 Å². The van der Waals surface area contributed by atoms with Crippen molar-refractivity contribution in [1.82, 2.24) is 8.87 Å². The topological polar surface area (TPSA) is 71.7 Å². The van der Waals surface area contributed by atoms with Crippen LogP contribution >= 0.6 is 34.4 Å². The second-order valence-corrected chi connectivity index (χ2v) is 12.5. The molecular weight excluding hydrogens is 471 g/mol. The van der Waals surface area contributed by atoms with E-state index < -0.39 is 15.9 Å². The molecule has 3 heterocycles. The van der Waals surface area contributed by atoms with E-state index in [1.807, 2.05) is 6.26 Å². The third kappa shape index (κ3) is 4.68. The van der Waals surface area contributed by atoms with E-state index >= 15 is 0 Å². The van der Waals surface area contributed by atoms with Gasteiger partial charge in [-0.3, -0.25) is 4.79 Å². The number of aromatic nitrogens is 1. The lowest BCUT2D eigenvalue weighted by atomic mass is 9.99. The number of fused-ring (bicyclic) bond motifs is 1. The van der Waals surface area contributed by atoms with Crippen LogP contribution in [0.2, 0.25) is 0 Å². The van der Waals surface area contributed by atoms with Crippen LogP contribution in [0.15, 0.2) is 49.8 Å². The summed E-state index contributed by atoms with van der Waals surface area (Å²) in [6, 6.07) is 9.66. The zero-order valence-corrected chi connectivity index (χ0v) is 20.7. The Bertz CT molecular complexity index is 1240. The lowest BCUT2D eigenvalue weighted by Crippen LogP contribution is -2.42. The number of rotatable bonds is 6. The highest BCUT2D eigenvalue weighted by molar-refractivity contribution is 7.98. The van der Waals surface area contributed by atoms with Gasteiger partial charge in [-0.05, 0) is 55.2 Å². The molecule has 4 rings (SSSR count). The Morgan fingerprint density at radius 3 is 2.87 bits per heavy atom. The minimum Gasteiger partial charge on any atom is -0.316 e. The molecule has 2 aromatic heterocycles. The zero-order chi connectivity index (χ0) is 22.0. The van der Waals surface area contributed by atoms with Crippen molar-refractivity contribution in [3.8, 4) is 0 Å². The average Bonchev–Trinajstić information content (AvgIpc) is 3.43. The first kappa shape index (κ1) is 22.7. The quantitative estimate of drug-likeness (QED) is 0.475. The number of aryl methyl sites for hydroxylation is 1. The van der Waals surface area contributed by atoms with Crippen molar-refractivity contribution >= 4 is 60.6 Å². The van der Waals surface area contributed by atoms with Crippen LogP contribution < -0.4 is 4.80 Å². The lowest BCUT2D eigenvalue weighted by Gasteiger charge is -2.29. The van der Waals surface area contributed by atoms with Gasteiger partial charge in [-0.15, -0.1) is 23.1 Å². The molecule has 6 nitrogen and oxygen atoms in total. The average molecular weight is 496 g/mol. The van der Waals surface area contributed by atoms with Crippen LogP contribution in [0.1, 0.15) is 26.2 Å². The largest absolute Gasteiger partial charge is 0.316 e. The third-order valence-electron chi connectivity index (χ3n) is 5.37. The van der Waals surface area contributed by atoms with Gasteiger partial charge >= 0.3 is 0 Å². The number of thiazole rings is 1. The molecule has 31 heavy (non-hydrogen) atoms. The summed E-state index contributed by atoms with van der Waals surface area (Å²) in [6.45, 7) is 3.53. The maximum absolute atomic E-state index is 13.1. The molecule has 1 aromatic carbocycles. The predicted octanol–water partition coefficient (Wildman–Crippen LogP) is 4.42. The maximum atomic E-state index is 13.1. The molecule has 10 heteroatoms. The van der Waals surface area contributed by atoms with Gasteiger partial charge in [0, 0.05) is 24.5 Å². The van der Waals surface area contributed by atoms with Crippen LogP contribution in [0.5, 0.6) is 0 Å². The standard InChI is InChI=1S/C21H25N3O3S4/c1-3-10-24-17-9-8-16(28-2)13-18(17)30-21(24)22-20(25)15-6-4-11-23(14-15)31(26,27)19-7-5-12-29-19/h5,7-9,12-13,15H,3-4,6,10-11,14H2,1-2H3. The SMILES string of the molecule is CCCn1c(=NC(=O)C2CCCN(S(=O)(=O)c3cccs3)C2)sc2cc(SC)ccc21.